The summed E-state index contributed by atoms with van der Waals surface area (Å²) < 4.78 is 5.81. The summed E-state index contributed by atoms with van der Waals surface area (Å²) in [5.41, 5.74) is 12.5. The van der Waals surface area contributed by atoms with E-state index in [0.717, 1.165) is 24.8 Å². The van der Waals surface area contributed by atoms with Crippen LogP contribution < -0.4 is 16.8 Å². The Kier molecular flexibility index (Phi) is 10.0. The molecule has 0 aliphatic heterocycles. The second kappa shape index (κ2) is 12.0. The first-order valence-corrected chi connectivity index (χ1v) is 8.88. The normalized spacial score (nSPS) is 13.0. The minimum absolute atomic E-state index is 0.198. The Labute approximate surface area is 154 Å². The van der Waals surface area contributed by atoms with Gasteiger partial charge in [0.2, 0.25) is 18.2 Å². The highest BCUT2D eigenvalue weighted by Crippen LogP contribution is 2.12. The molecule has 1 rings (SSSR count). The number of hydrogen-bond acceptors (Lipinski definition) is 4. The Morgan fingerprint density at radius 2 is 1.69 bits per heavy atom. The van der Waals surface area contributed by atoms with Gasteiger partial charge < -0.3 is 21.5 Å². The highest BCUT2D eigenvalue weighted by atomic mass is 16.5. The Hall–Kier alpha value is -2.41. The van der Waals surface area contributed by atoms with Gasteiger partial charge in [0.25, 0.3) is 0 Å². The Bertz CT molecular complexity index is 575. The molecule has 144 valence electrons. The van der Waals surface area contributed by atoms with Gasteiger partial charge in [0.05, 0.1) is 18.8 Å². The lowest BCUT2D eigenvalue weighted by molar-refractivity contribution is -0.119. The zero-order valence-corrected chi connectivity index (χ0v) is 15.3. The number of unbranched alkanes of at least 4 members (excludes halogenated alkanes) is 1. The maximum absolute atomic E-state index is 10.9. The molecule has 0 unspecified atom stereocenters. The van der Waals surface area contributed by atoms with E-state index in [1.165, 1.54) is 5.56 Å². The van der Waals surface area contributed by atoms with Gasteiger partial charge in [0.1, 0.15) is 0 Å². The highest BCUT2D eigenvalue weighted by Gasteiger charge is 2.18. The molecule has 0 aliphatic rings. The predicted molar refractivity (Wildman–Crippen MR) is 98.9 cm³/mol. The number of nitrogens with two attached hydrogens (primary N) is 2. The molecule has 0 radical (unpaired) electrons. The van der Waals surface area contributed by atoms with Gasteiger partial charge in [-0.15, -0.1) is 0 Å². The van der Waals surface area contributed by atoms with E-state index in [1.54, 1.807) is 0 Å². The first kappa shape index (κ1) is 21.6. The first-order chi connectivity index (χ1) is 12.4. The first-order valence-electron chi connectivity index (χ1n) is 8.88. The summed E-state index contributed by atoms with van der Waals surface area (Å²) in [5, 5.41) is 2.67. The number of rotatable bonds is 14. The van der Waals surface area contributed by atoms with Crippen LogP contribution in [0.25, 0.3) is 0 Å². The summed E-state index contributed by atoms with van der Waals surface area (Å²) in [6, 6.07) is 7.83. The van der Waals surface area contributed by atoms with Crippen molar-refractivity contribution in [2.75, 3.05) is 0 Å². The largest absolute Gasteiger partial charge is 0.372 e. The van der Waals surface area contributed by atoms with Crippen molar-refractivity contribution in [2.24, 2.45) is 11.5 Å². The van der Waals surface area contributed by atoms with Crippen LogP contribution in [0.2, 0.25) is 0 Å². The summed E-state index contributed by atoms with van der Waals surface area (Å²) in [7, 11) is 0. The number of amides is 3. The van der Waals surface area contributed by atoms with Crippen LogP contribution in [0.3, 0.4) is 0 Å². The minimum atomic E-state index is -0.402. The lowest BCUT2D eigenvalue weighted by atomic mass is 10.0. The average molecular weight is 363 g/mol. The van der Waals surface area contributed by atoms with Crippen LogP contribution >= 0.6 is 0 Å². The summed E-state index contributed by atoms with van der Waals surface area (Å²) in [5.74, 6) is -0.661. The molecule has 0 spiro atoms. The number of nitrogens with one attached hydrogen (secondary N) is 1. The summed E-state index contributed by atoms with van der Waals surface area (Å²) in [4.78, 5) is 32.3. The van der Waals surface area contributed by atoms with Gasteiger partial charge >= 0.3 is 0 Å². The molecule has 0 fully saturated rings. The summed E-state index contributed by atoms with van der Waals surface area (Å²) in [6.07, 6.45) is 4.07. The van der Waals surface area contributed by atoms with Gasteiger partial charge in [-0.25, -0.2) is 0 Å². The third-order valence-electron chi connectivity index (χ3n) is 4.22. The van der Waals surface area contributed by atoms with Crippen LogP contribution in [0.4, 0.5) is 0 Å². The fourth-order valence-corrected chi connectivity index (χ4v) is 2.61. The summed E-state index contributed by atoms with van der Waals surface area (Å²) >= 11 is 0. The van der Waals surface area contributed by atoms with Crippen molar-refractivity contribution in [3.8, 4) is 0 Å². The van der Waals surface area contributed by atoms with Crippen molar-refractivity contribution in [1.29, 1.82) is 0 Å². The molecule has 3 amide bonds. The second-order valence-corrected chi connectivity index (χ2v) is 6.40. The van der Waals surface area contributed by atoms with E-state index in [9.17, 15) is 14.4 Å². The molecular formula is C19H29N3O4. The molecule has 0 saturated heterocycles. The minimum Gasteiger partial charge on any atom is -0.372 e. The molecule has 2 atom stereocenters. The molecule has 0 aliphatic carbocycles. The van der Waals surface area contributed by atoms with Crippen molar-refractivity contribution in [1.82, 2.24) is 5.32 Å². The smallest absolute Gasteiger partial charge is 0.217 e. The Balaban J connectivity index is 2.41. The number of aryl methyl sites for hydroxylation is 1. The molecule has 5 N–H and O–H groups in total. The fourth-order valence-electron chi connectivity index (χ4n) is 2.61. The second-order valence-electron chi connectivity index (χ2n) is 6.40. The monoisotopic (exact) mass is 363 g/mol. The fraction of sp³-hybridized carbons (Fsp3) is 0.526. The molecule has 0 bridgehead atoms. The van der Waals surface area contributed by atoms with Gasteiger partial charge in [0.15, 0.2) is 0 Å². The van der Waals surface area contributed by atoms with Crippen LogP contribution in [0.1, 0.15) is 50.2 Å². The highest BCUT2D eigenvalue weighted by molar-refractivity contribution is 5.74. The Morgan fingerprint density at radius 1 is 1.08 bits per heavy atom. The molecule has 1 aromatic rings. The zero-order valence-electron chi connectivity index (χ0n) is 15.3. The Morgan fingerprint density at radius 3 is 2.27 bits per heavy atom. The number of benzene rings is 1. The van der Waals surface area contributed by atoms with Crippen LogP contribution in [-0.2, 0) is 32.1 Å². The van der Waals surface area contributed by atoms with E-state index in [2.05, 4.69) is 5.32 Å². The van der Waals surface area contributed by atoms with E-state index < -0.39 is 5.91 Å². The molecule has 0 saturated carbocycles. The maximum atomic E-state index is 10.9. The molecule has 7 heteroatoms. The van der Waals surface area contributed by atoms with E-state index in [0.29, 0.717) is 25.9 Å². The van der Waals surface area contributed by atoms with Gasteiger partial charge in [0, 0.05) is 12.8 Å². The van der Waals surface area contributed by atoms with Gasteiger partial charge in [-0.3, -0.25) is 14.4 Å². The van der Waals surface area contributed by atoms with Gasteiger partial charge in [-0.1, -0.05) is 24.3 Å². The number of carbonyl (C=O) groups is 3. The van der Waals surface area contributed by atoms with Gasteiger partial charge in [-0.05, 0) is 43.7 Å². The predicted octanol–water partition coefficient (Wildman–Crippen LogP) is 1.17. The molecule has 1 aromatic carbocycles. The van der Waals surface area contributed by atoms with Crippen molar-refractivity contribution in [2.45, 2.75) is 64.2 Å². The zero-order chi connectivity index (χ0) is 19.4. The van der Waals surface area contributed by atoms with Crippen LogP contribution in [-0.4, -0.2) is 30.4 Å². The summed E-state index contributed by atoms with van der Waals surface area (Å²) in [6.45, 7) is 2.27. The van der Waals surface area contributed by atoms with Crippen molar-refractivity contribution >= 4 is 18.2 Å². The molecule has 26 heavy (non-hydrogen) atoms. The average Bonchev–Trinajstić information content (AvgIpc) is 2.61. The van der Waals surface area contributed by atoms with Crippen LogP contribution in [0.5, 0.6) is 0 Å². The van der Waals surface area contributed by atoms with Crippen molar-refractivity contribution in [3.05, 3.63) is 35.4 Å². The third kappa shape index (κ3) is 9.17. The van der Waals surface area contributed by atoms with E-state index >= 15 is 0 Å². The lowest BCUT2D eigenvalue weighted by Gasteiger charge is -2.23. The standard InChI is InChI=1S/C19H29N3O4/c1-14(17(22-13-23)10-11-19(21)25)26-12-16-8-6-15(7-9-16)4-2-3-5-18(20)24/h6-9,13-14,17H,2-5,10-12H2,1H3,(H2,20,24)(H2,21,25)(H,22,23)/t14-,17+/m1/s1. The number of carbonyl (C=O) groups excluding carboxylic acids is 3. The van der Waals surface area contributed by atoms with Crippen LogP contribution in [0.15, 0.2) is 24.3 Å². The number of primary amides is 2. The quantitative estimate of drug-likeness (QED) is 0.339. The lowest BCUT2D eigenvalue weighted by Crippen LogP contribution is -2.39. The van der Waals surface area contributed by atoms with Crippen LogP contribution in [0, 0.1) is 0 Å². The van der Waals surface area contributed by atoms with Crippen molar-refractivity contribution < 1.29 is 19.1 Å². The maximum Gasteiger partial charge on any atom is 0.217 e. The molecule has 7 nitrogen and oxygen atoms in total. The topological polar surface area (TPSA) is 125 Å². The number of ether oxygens (including phenoxy) is 1. The number of hydrogen-bond donors (Lipinski definition) is 3. The van der Waals surface area contributed by atoms with Gasteiger partial charge in [-0.2, -0.15) is 0 Å². The van der Waals surface area contributed by atoms with E-state index in [1.807, 2.05) is 31.2 Å². The molecule has 0 heterocycles. The third-order valence-corrected chi connectivity index (χ3v) is 4.22. The molecular weight excluding hydrogens is 334 g/mol. The van der Waals surface area contributed by atoms with E-state index in [4.69, 9.17) is 16.2 Å². The molecule has 0 aromatic heterocycles. The SMILES string of the molecule is C[C@@H](OCc1ccc(CCCCC(N)=O)cc1)[C@H](CCC(N)=O)NC=O. The van der Waals surface area contributed by atoms with E-state index in [-0.39, 0.29) is 24.5 Å². The van der Waals surface area contributed by atoms with Crippen molar-refractivity contribution in [3.63, 3.8) is 0 Å².